The smallest absolute Gasteiger partial charge is 0.276 e. The molecule has 1 aliphatic rings. The summed E-state index contributed by atoms with van der Waals surface area (Å²) in [5.74, 6) is 2.03. The average Bonchev–Trinajstić information content (AvgIpc) is 3.15. The minimum atomic E-state index is -0.0811. The second-order valence-corrected chi connectivity index (χ2v) is 5.98. The second kappa shape index (κ2) is 5.90. The number of likely N-dealkylation sites (tertiary alicyclic amines) is 1. The molecule has 1 amide bonds. The van der Waals surface area contributed by atoms with Crippen molar-refractivity contribution >= 4 is 5.91 Å². The van der Waals surface area contributed by atoms with Crippen molar-refractivity contribution in [2.75, 3.05) is 13.1 Å². The highest BCUT2D eigenvalue weighted by Gasteiger charge is 2.31. The fourth-order valence-electron chi connectivity index (χ4n) is 2.83. The Hall–Kier alpha value is -2.18. The molecule has 3 rings (SSSR count). The Labute approximate surface area is 128 Å². The molecule has 0 saturated carbocycles. The zero-order valence-corrected chi connectivity index (χ0v) is 13.1. The third-order valence-corrected chi connectivity index (χ3v) is 3.94. The van der Waals surface area contributed by atoms with E-state index in [1.165, 1.54) is 6.39 Å². The van der Waals surface area contributed by atoms with Crippen LogP contribution < -0.4 is 0 Å². The van der Waals surface area contributed by atoms with Gasteiger partial charge in [-0.3, -0.25) is 4.79 Å². The maximum absolute atomic E-state index is 12.7. The molecule has 0 aromatic carbocycles. The number of carbonyl (C=O) groups is 1. The first-order valence-electron chi connectivity index (χ1n) is 7.59. The zero-order valence-electron chi connectivity index (χ0n) is 13.1. The quantitative estimate of drug-likeness (QED) is 0.866. The number of aromatic nitrogens is 3. The van der Waals surface area contributed by atoms with E-state index in [9.17, 15) is 4.79 Å². The lowest BCUT2D eigenvalue weighted by Crippen LogP contribution is -2.40. The van der Waals surface area contributed by atoms with Gasteiger partial charge in [-0.05, 0) is 12.8 Å². The van der Waals surface area contributed by atoms with Gasteiger partial charge in [0.05, 0.1) is 0 Å². The van der Waals surface area contributed by atoms with Crippen molar-refractivity contribution in [3.8, 4) is 0 Å². The fraction of sp³-hybridized carbons (Fsp3) is 0.600. The van der Waals surface area contributed by atoms with Gasteiger partial charge in [-0.1, -0.05) is 19.0 Å². The molecular formula is C15H20N4O3. The first-order valence-corrected chi connectivity index (χ1v) is 7.59. The lowest BCUT2D eigenvalue weighted by atomic mass is 9.97. The molecule has 3 heterocycles. The number of amides is 1. The standard InChI is InChI=1S/C15H20N4O3/c1-9(2)13-12(16-8-21-13)15(20)19-6-4-5-11(7-19)14-17-10(3)22-18-14/h8-9,11H,4-7H2,1-3H3/t11-/m1/s1. The summed E-state index contributed by atoms with van der Waals surface area (Å²) in [6.07, 6.45) is 3.21. The van der Waals surface area contributed by atoms with E-state index in [2.05, 4.69) is 15.1 Å². The Morgan fingerprint density at radius 2 is 2.27 bits per heavy atom. The van der Waals surface area contributed by atoms with Crippen molar-refractivity contribution in [3.63, 3.8) is 0 Å². The largest absolute Gasteiger partial charge is 0.447 e. The summed E-state index contributed by atoms with van der Waals surface area (Å²) in [6.45, 7) is 7.04. The van der Waals surface area contributed by atoms with Gasteiger partial charge < -0.3 is 13.8 Å². The number of hydrogen-bond acceptors (Lipinski definition) is 6. The van der Waals surface area contributed by atoms with Gasteiger partial charge >= 0.3 is 0 Å². The number of piperidine rings is 1. The van der Waals surface area contributed by atoms with Crippen LogP contribution in [0.25, 0.3) is 0 Å². The van der Waals surface area contributed by atoms with Crippen molar-refractivity contribution in [1.82, 2.24) is 20.0 Å². The van der Waals surface area contributed by atoms with Crippen LogP contribution in [-0.2, 0) is 0 Å². The van der Waals surface area contributed by atoms with Gasteiger partial charge in [0.2, 0.25) is 5.89 Å². The first kappa shape index (κ1) is 14.7. The molecule has 0 radical (unpaired) electrons. The molecular weight excluding hydrogens is 284 g/mol. The van der Waals surface area contributed by atoms with E-state index in [1.807, 2.05) is 18.7 Å². The van der Waals surface area contributed by atoms with Crippen molar-refractivity contribution in [2.24, 2.45) is 0 Å². The first-order chi connectivity index (χ1) is 10.6. The maximum Gasteiger partial charge on any atom is 0.276 e. The summed E-state index contributed by atoms with van der Waals surface area (Å²) in [4.78, 5) is 22.9. The van der Waals surface area contributed by atoms with E-state index in [0.29, 0.717) is 29.7 Å². The highest BCUT2D eigenvalue weighted by molar-refractivity contribution is 5.93. The highest BCUT2D eigenvalue weighted by Crippen LogP contribution is 2.27. The number of aryl methyl sites for hydroxylation is 1. The molecule has 1 aliphatic heterocycles. The Bertz CT molecular complexity index is 661. The van der Waals surface area contributed by atoms with E-state index in [4.69, 9.17) is 8.94 Å². The van der Waals surface area contributed by atoms with E-state index in [1.54, 1.807) is 6.92 Å². The molecule has 7 heteroatoms. The topological polar surface area (TPSA) is 85.3 Å². The van der Waals surface area contributed by atoms with Gasteiger partial charge in [-0.25, -0.2) is 4.98 Å². The molecule has 1 atom stereocenters. The SMILES string of the molecule is Cc1nc([C@@H]2CCCN(C(=O)c3ncoc3C(C)C)C2)no1. The van der Waals surface area contributed by atoms with Crippen molar-refractivity contribution in [1.29, 1.82) is 0 Å². The van der Waals surface area contributed by atoms with Crippen LogP contribution in [-0.4, -0.2) is 39.0 Å². The van der Waals surface area contributed by atoms with E-state index < -0.39 is 0 Å². The third kappa shape index (κ3) is 2.75. The molecule has 7 nitrogen and oxygen atoms in total. The summed E-state index contributed by atoms with van der Waals surface area (Å²) in [6, 6.07) is 0. The van der Waals surface area contributed by atoms with Crippen molar-refractivity contribution < 1.29 is 13.7 Å². The second-order valence-electron chi connectivity index (χ2n) is 5.98. The van der Waals surface area contributed by atoms with Gasteiger partial charge in [-0.15, -0.1) is 0 Å². The monoisotopic (exact) mass is 304 g/mol. The number of carbonyl (C=O) groups excluding carboxylic acids is 1. The highest BCUT2D eigenvalue weighted by atomic mass is 16.5. The van der Waals surface area contributed by atoms with Crippen molar-refractivity contribution in [3.05, 3.63) is 29.6 Å². The summed E-state index contributed by atoms with van der Waals surface area (Å²) in [5.41, 5.74) is 0.417. The Morgan fingerprint density at radius 1 is 1.45 bits per heavy atom. The Morgan fingerprint density at radius 3 is 2.95 bits per heavy atom. The Kier molecular flexibility index (Phi) is 3.96. The van der Waals surface area contributed by atoms with Crippen LogP contribution >= 0.6 is 0 Å². The normalized spacial score (nSPS) is 18.9. The predicted octanol–water partition coefficient (Wildman–Crippen LogP) is 2.51. The summed E-state index contributed by atoms with van der Waals surface area (Å²) < 4.78 is 10.4. The molecule has 0 aliphatic carbocycles. The van der Waals surface area contributed by atoms with Crippen LogP contribution in [0.4, 0.5) is 0 Å². The lowest BCUT2D eigenvalue weighted by molar-refractivity contribution is 0.0695. The molecule has 1 saturated heterocycles. The minimum Gasteiger partial charge on any atom is -0.447 e. The van der Waals surface area contributed by atoms with Gasteiger partial charge in [-0.2, -0.15) is 4.98 Å². The van der Waals surface area contributed by atoms with Gasteiger partial charge in [0.25, 0.3) is 5.91 Å². The van der Waals surface area contributed by atoms with Crippen LogP contribution in [0.15, 0.2) is 15.3 Å². The van der Waals surface area contributed by atoms with Gasteiger partial charge in [0.15, 0.2) is 17.9 Å². The number of nitrogens with zero attached hydrogens (tertiary/aromatic N) is 4. The fourth-order valence-corrected chi connectivity index (χ4v) is 2.83. The summed E-state index contributed by atoms with van der Waals surface area (Å²) in [7, 11) is 0. The zero-order chi connectivity index (χ0) is 15.7. The molecule has 2 aromatic heterocycles. The average molecular weight is 304 g/mol. The van der Waals surface area contributed by atoms with Crippen LogP contribution in [0, 0.1) is 6.92 Å². The van der Waals surface area contributed by atoms with E-state index >= 15 is 0 Å². The lowest BCUT2D eigenvalue weighted by Gasteiger charge is -2.31. The molecule has 22 heavy (non-hydrogen) atoms. The van der Waals surface area contributed by atoms with E-state index in [-0.39, 0.29) is 17.7 Å². The third-order valence-electron chi connectivity index (χ3n) is 3.94. The molecule has 0 unspecified atom stereocenters. The van der Waals surface area contributed by atoms with Gasteiger partial charge in [0.1, 0.15) is 5.76 Å². The van der Waals surface area contributed by atoms with Crippen LogP contribution in [0.5, 0.6) is 0 Å². The number of rotatable bonds is 3. The Balaban J connectivity index is 1.77. The number of hydrogen-bond donors (Lipinski definition) is 0. The molecule has 0 N–H and O–H groups in total. The molecule has 118 valence electrons. The van der Waals surface area contributed by atoms with Crippen molar-refractivity contribution in [2.45, 2.75) is 45.4 Å². The van der Waals surface area contributed by atoms with Crippen LogP contribution in [0.1, 0.15) is 66.5 Å². The van der Waals surface area contributed by atoms with Crippen LogP contribution in [0.2, 0.25) is 0 Å². The van der Waals surface area contributed by atoms with E-state index in [0.717, 1.165) is 19.4 Å². The maximum atomic E-state index is 12.7. The molecule has 2 aromatic rings. The molecule has 0 bridgehead atoms. The predicted molar refractivity (Wildman–Crippen MR) is 77.5 cm³/mol. The summed E-state index contributed by atoms with van der Waals surface area (Å²) in [5, 5.41) is 3.98. The summed E-state index contributed by atoms with van der Waals surface area (Å²) >= 11 is 0. The minimum absolute atomic E-state index is 0.0811. The molecule has 0 spiro atoms. The van der Waals surface area contributed by atoms with Gasteiger partial charge in [0, 0.05) is 31.8 Å². The van der Waals surface area contributed by atoms with Crippen LogP contribution in [0.3, 0.4) is 0 Å². The molecule has 1 fully saturated rings. The number of oxazole rings is 1.